The molecule has 2 aromatic heterocycles. The molecule has 1 amide bonds. The average molecular weight is 327 g/mol. The number of aromatic nitrogens is 2. The van der Waals surface area contributed by atoms with Crippen LogP contribution in [0.1, 0.15) is 28.8 Å². The van der Waals surface area contributed by atoms with Crippen molar-refractivity contribution in [1.82, 2.24) is 10.2 Å². The van der Waals surface area contributed by atoms with Gasteiger partial charge in [0.1, 0.15) is 0 Å². The molecule has 2 heterocycles. The van der Waals surface area contributed by atoms with Gasteiger partial charge in [0.25, 0.3) is 0 Å². The van der Waals surface area contributed by atoms with E-state index in [1.54, 1.807) is 11.3 Å². The van der Waals surface area contributed by atoms with Gasteiger partial charge in [-0.2, -0.15) is 0 Å². The van der Waals surface area contributed by atoms with Crippen molar-refractivity contribution in [3.63, 3.8) is 0 Å². The Hall–Kier alpha value is -2.47. The number of anilines is 1. The zero-order valence-electron chi connectivity index (χ0n) is 12.8. The monoisotopic (exact) mass is 327 g/mol. The van der Waals surface area contributed by atoms with Gasteiger partial charge >= 0.3 is 6.01 Å². The molecule has 0 fully saturated rings. The Morgan fingerprint density at radius 2 is 1.96 bits per heavy atom. The first-order valence-electron chi connectivity index (χ1n) is 7.45. The lowest BCUT2D eigenvalue weighted by Crippen LogP contribution is -2.14. The van der Waals surface area contributed by atoms with Crippen LogP contribution in [-0.2, 0) is 24.1 Å². The summed E-state index contributed by atoms with van der Waals surface area (Å²) < 4.78 is 5.45. The van der Waals surface area contributed by atoms with Crippen LogP contribution in [0, 0.1) is 0 Å². The predicted octanol–water partition coefficient (Wildman–Crippen LogP) is 3.47. The maximum atomic E-state index is 12.0. The largest absolute Gasteiger partial charge is 0.407 e. The van der Waals surface area contributed by atoms with Gasteiger partial charge in [-0.15, -0.1) is 16.4 Å². The Morgan fingerprint density at radius 3 is 2.65 bits per heavy atom. The van der Waals surface area contributed by atoms with Gasteiger partial charge in [0.05, 0.1) is 12.8 Å². The van der Waals surface area contributed by atoms with E-state index in [2.05, 4.69) is 22.4 Å². The zero-order valence-corrected chi connectivity index (χ0v) is 13.6. The van der Waals surface area contributed by atoms with Crippen LogP contribution in [0.5, 0.6) is 0 Å². The summed E-state index contributed by atoms with van der Waals surface area (Å²) in [4.78, 5) is 13.2. The molecule has 0 saturated carbocycles. The molecule has 118 valence electrons. The number of aryl methyl sites for hydroxylation is 1. The summed E-state index contributed by atoms with van der Waals surface area (Å²) in [6.07, 6.45) is 1.85. The second-order valence-corrected chi connectivity index (χ2v) is 6.18. The highest BCUT2D eigenvalue weighted by Gasteiger charge is 2.11. The van der Waals surface area contributed by atoms with E-state index in [0.717, 1.165) is 16.9 Å². The summed E-state index contributed by atoms with van der Waals surface area (Å²) in [5, 5.41) is 12.5. The number of hydrogen-bond donors (Lipinski definition) is 1. The van der Waals surface area contributed by atoms with Crippen molar-refractivity contribution in [3.05, 3.63) is 63.7 Å². The van der Waals surface area contributed by atoms with Crippen LogP contribution in [0.25, 0.3) is 0 Å². The molecule has 6 heteroatoms. The summed E-state index contributed by atoms with van der Waals surface area (Å²) in [7, 11) is 0. The molecule has 3 rings (SSSR count). The van der Waals surface area contributed by atoms with Crippen molar-refractivity contribution in [1.29, 1.82) is 0 Å². The summed E-state index contributed by atoms with van der Waals surface area (Å²) in [5.41, 5.74) is 2.21. The molecule has 1 aromatic carbocycles. The third kappa shape index (κ3) is 4.26. The van der Waals surface area contributed by atoms with Crippen molar-refractivity contribution in [3.8, 4) is 0 Å². The Balaban J connectivity index is 1.56. The van der Waals surface area contributed by atoms with E-state index in [4.69, 9.17) is 4.42 Å². The van der Waals surface area contributed by atoms with Crippen LogP contribution in [0.4, 0.5) is 6.01 Å². The van der Waals surface area contributed by atoms with Crippen molar-refractivity contribution in [2.45, 2.75) is 26.2 Å². The minimum atomic E-state index is -0.166. The van der Waals surface area contributed by atoms with Crippen LogP contribution in [0.2, 0.25) is 0 Å². The standard InChI is InChI=1S/C17H17N3O2S/c1-2-12-5-7-13(8-6-12)10-15(21)18-17-20-19-16(22-17)11-14-4-3-9-23-14/h3-9H,2,10-11H2,1H3,(H,18,20,21). The van der Waals surface area contributed by atoms with E-state index >= 15 is 0 Å². The van der Waals surface area contributed by atoms with Crippen molar-refractivity contribution in [2.75, 3.05) is 5.32 Å². The van der Waals surface area contributed by atoms with Crippen LogP contribution >= 0.6 is 11.3 Å². The van der Waals surface area contributed by atoms with E-state index in [1.807, 2.05) is 41.8 Å². The van der Waals surface area contributed by atoms with E-state index in [-0.39, 0.29) is 18.3 Å². The maximum absolute atomic E-state index is 12.0. The number of benzene rings is 1. The molecule has 0 spiro atoms. The second kappa shape index (κ2) is 7.19. The van der Waals surface area contributed by atoms with E-state index < -0.39 is 0 Å². The van der Waals surface area contributed by atoms with Crippen molar-refractivity contribution < 1.29 is 9.21 Å². The first-order chi connectivity index (χ1) is 11.2. The number of nitrogens with zero attached hydrogens (tertiary/aromatic N) is 2. The summed E-state index contributed by atoms with van der Waals surface area (Å²) in [6, 6.07) is 12.1. The average Bonchev–Trinajstić information content (AvgIpc) is 3.21. The van der Waals surface area contributed by atoms with Gasteiger partial charge in [0.15, 0.2) is 0 Å². The number of amides is 1. The minimum absolute atomic E-state index is 0.145. The van der Waals surface area contributed by atoms with Crippen LogP contribution in [-0.4, -0.2) is 16.1 Å². The first-order valence-corrected chi connectivity index (χ1v) is 8.33. The fourth-order valence-corrected chi connectivity index (χ4v) is 2.88. The summed E-state index contributed by atoms with van der Waals surface area (Å²) in [6.45, 7) is 2.10. The highest BCUT2D eigenvalue weighted by atomic mass is 32.1. The third-order valence-corrected chi connectivity index (χ3v) is 4.29. The Kier molecular flexibility index (Phi) is 4.83. The highest BCUT2D eigenvalue weighted by Crippen LogP contribution is 2.15. The molecule has 0 atom stereocenters. The maximum Gasteiger partial charge on any atom is 0.322 e. The molecular formula is C17H17N3O2S. The van der Waals surface area contributed by atoms with Gasteiger partial charge in [0.2, 0.25) is 11.8 Å². The lowest BCUT2D eigenvalue weighted by atomic mass is 10.1. The van der Waals surface area contributed by atoms with E-state index in [1.165, 1.54) is 5.56 Å². The predicted molar refractivity (Wildman–Crippen MR) is 89.6 cm³/mol. The summed E-state index contributed by atoms with van der Waals surface area (Å²) in [5.74, 6) is 0.329. The number of carbonyl (C=O) groups excluding carboxylic acids is 1. The molecule has 0 aliphatic heterocycles. The quantitative estimate of drug-likeness (QED) is 0.753. The fraction of sp³-hybridized carbons (Fsp3) is 0.235. The number of rotatable bonds is 6. The lowest BCUT2D eigenvalue weighted by Gasteiger charge is -2.02. The van der Waals surface area contributed by atoms with Crippen LogP contribution in [0.3, 0.4) is 0 Å². The fourth-order valence-electron chi connectivity index (χ4n) is 2.18. The van der Waals surface area contributed by atoms with Gasteiger partial charge in [-0.05, 0) is 29.0 Å². The molecule has 1 N–H and O–H groups in total. The van der Waals surface area contributed by atoms with E-state index in [0.29, 0.717) is 12.3 Å². The smallest absolute Gasteiger partial charge is 0.322 e. The van der Waals surface area contributed by atoms with E-state index in [9.17, 15) is 4.79 Å². The highest BCUT2D eigenvalue weighted by molar-refractivity contribution is 7.09. The SMILES string of the molecule is CCc1ccc(CC(=O)Nc2nnc(Cc3cccs3)o2)cc1. The third-order valence-electron chi connectivity index (χ3n) is 3.41. The molecule has 0 radical (unpaired) electrons. The van der Waals surface area contributed by atoms with Crippen molar-refractivity contribution in [2.24, 2.45) is 0 Å². The molecular weight excluding hydrogens is 310 g/mol. The van der Waals surface area contributed by atoms with Crippen molar-refractivity contribution >= 4 is 23.3 Å². The molecule has 5 nitrogen and oxygen atoms in total. The molecule has 0 aliphatic carbocycles. The zero-order chi connectivity index (χ0) is 16.1. The number of hydrogen-bond acceptors (Lipinski definition) is 5. The molecule has 3 aromatic rings. The number of thiophene rings is 1. The lowest BCUT2D eigenvalue weighted by molar-refractivity contribution is -0.115. The minimum Gasteiger partial charge on any atom is -0.407 e. The van der Waals surface area contributed by atoms with Gasteiger partial charge in [-0.25, -0.2) is 0 Å². The normalized spacial score (nSPS) is 10.7. The Bertz CT molecular complexity index is 764. The van der Waals surface area contributed by atoms with Crippen LogP contribution < -0.4 is 5.32 Å². The topological polar surface area (TPSA) is 68.0 Å². The number of carbonyl (C=O) groups is 1. The number of nitrogens with one attached hydrogen (secondary N) is 1. The summed E-state index contributed by atoms with van der Waals surface area (Å²) >= 11 is 1.63. The second-order valence-electron chi connectivity index (χ2n) is 5.15. The van der Waals surface area contributed by atoms with Gasteiger partial charge in [0, 0.05) is 4.88 Å². The van der Waals surface area contributed by atoms with Crippen LogP contribution in [0.15, 0.2) is 46.2 Å². The molecule has 0 bridgehead atoms. The molecule has 0 aliphatic rings. The van der Waals surface area contributed by atoms with Gasteiger partial charge < -0.3 is 4.42 Å². The van der Waals surface area contributed by atoms with Gasteiger partial charge in [-0.3, -0.25) is 10.1 Å². The Morgan fingerprint density at radius 1 is 1.17 bits per heavy atom. The Labute approximate surface area is 138 Å². The molecule has 0 unspecified atom stereocenters. The molecule has 0 saturated heterocycles. The molecule has 23 heavy (non-hydrogen) atoms. The van der Waals surface area contributed by atoms with Gasteiger partial charge in [-0.1, -0.05) is 42.4 Å². The first kappa shape index (κ1) is 15.4.